The van der Waals surface area contributed by atoms with E-state index in [1.165, 1.54) is 15.3 Å². The number of benzene rings is 1. The van der Waals surface area contributed by atoms with Crippen molar-refractivity contribution in [2.45, 2.75) is 45.1 Å². The largest absolute Gasteiger partial charge is 0.336 e. The van der Waals surface area contributed by atoms with Crippen molar-refractivity contribution in [2.24, 2.45) is 0 Å². The lowest BCUT2D eigenvalue weighted by molar-refractivity contribution is 0.0548. The quantitative estimate of drug-likeness (QED) is 0.674. The Hall–Kier alpha value is -2.26. The summed E-state index contributed by atoms with van der Waals surface area (Å²) < 4.78 is 25.4. The van der Waals surface area contributed by atoms with Gasteiger partial charge in [-0.3, -0.25) is 19.3 Å². The topological polar surface area (TPSA) is 95.1 Å². The van der Waals surface area contributed by atoms with E-state index in [9.17, 15) is 22.8 Å². The van der Waals surface area contributed by atoms with E-state index in [-0.39, 0.29) is 42.6 Å². The van der Waals surface area contributed by atoms with Crippen LogP contribution in [0, 0.1) is 0 Å². The molecule has 0 aromatic heterocycles. The molecule has 3 aliphatic rings. The summed E-state index contributed by atoms with van der Waals surface area (Å²) in [4.78, 5) is 41.7. The molecule has 1 aromatic rings. The Morgan fingerprint density at radius 2 is 1.60 bits per heavy atom. The van der Waals surface area contributed by atoms with E-state index in [1.807, 2.05) is 0 Å². The van der Waals surface area contributed by atoms with E-state index in [0.717, 1.165) is 32.1 Å². The number of carbonyl (C=O) groups excluding carboxylic acids is 3. The fourth-order valence-electron chi connectivity index (χ4n) is 4.60. The molecule has 2 aliphatic heterocycles. The third kappa shape index (κ3) is 3.65. The number of nitrogens with zero attached hydrogens (tertiary/aromatic N) is 3. The summed E-state index contributed by atoms with van der Waals surface area (Å²) in [5, 5.41) is 0. The molecular formula is C21H27N3O5S. The monoisotopic (exact) mass is 433 g/mol. The van der Waals surface area contributed by atoms with Crippen molar-refractivity contribution in [1.29, 1.82) is 0 Å². The molecule has 0 N–H and O–H groups in total. The van der Waals surface area contributed by atoms with Crippen molar-refractivity contribution >= 4 is 27.7 Å². The van der Waals surface area contributed by atoms with Crippen molar-refractivity contribution in [2.75, 3.05) is 31.9 Å². The molecule has 0 bridgehead atoms. The van der Waals surface area contributed by atoms with Gasteiger partial charge in [-0.15, -0.1) is 0 Å². The van der Waals surface area contributed by atoms with E-state index in [0.29, 0.717) is 29.8 Å². The lowest BCUT2D eigenvalue weighted by Gasteiger charge is -2.33. The zero-order valence-corrected chi connectivity index (χ0v) is 18.0. The van der Waals surface area contributed by atoms with Gasteiger partial charge in [-0.2, -0.15) is 4.31 Å². The highest BCUT2D eigenvalue weighted by Crippen LogP contribution is 2.31. The standard InChI is InChI=1S/C21H27N3O5S/c1-2-30(28,29)23-12-10-22(11-13-23)19(25)15-8-9-17-18(14-15)21(27)24(20(17)26)16-6-4-3-5-7-16/h8-9,14,16H,2-7,10-13H2,1H3. The predicted octanol–water partition coefficient (Wildman–Crippen LogP) is 1.72. The smallest absolute Gasteiger partial charge is 0.261 e. The van der Waals surface area contributed by atoms with E-state index < -0.39 is 10.0 Å². The zero-order valence-electron chi connectivity index (χ0n) is 17.2. The number of imide groups is 1. The molecule has 2 heterocycles. The summed E-state index contributed by atoms with van der Waals surface area (Å²) in [5.41, 5.74) is 1.01. The second kappa shape index (κ2) is 8.11. The van der Waals surface area contributed by atoms with E-state index in [4.69, 9.17) is 0 Å². The maximum absolute atomic E-state index is 13.0. The van der Waals surface area contributed by atoms with Crippen molar-refractivity contribution in [3.8, 4) is 0 Å². The third-order valence-corrected chi connectivity index (χ3v) is 8.27. The Morgan fingerprint density at radius 1 is 0.967 bits per heavy atom. The molecule has 8 nitrogen and oxygen atoms in total. The fraction of sp³-hybridized carbons (Fsp3) is 0.571. The Labute approximate surface area is 176 Å². The summed E-state index contributed by atoms with van der Waals surface area (Å²) in [6, 6.07) is 4.63. The molecule has 30 heavy (non-hydrogen) atoms. The number of piperazine rings is 1. The first-order valence-corrected chi connectivity index (χ1v) is 12.2. The minimum atomic E-state index is -3.27. The molecule has 9 heteroatoms. The number of sulfonamides is 1. The first-order chi connectivity index (χ1) is 14.3. The summed E-state index contributed by atoms with van der Waals surface area (Å²) in [6.45, 7) is 2.73. The molecule has 4 rings (SSSR count). The van der Waals surface area contributed by atoms with Crippen LogP contribution in [0.25, 0.3) is 0 Å². The summed E-state index contributed by atoms with van der Waals surface area (Å²) >= 11 is 0. The Balaban J connectivity index is 1.49. The van der Waals surface area contributed by atoms with Gasteiger partial charge in [0.1, 0.15) is 0 Å². The molecule has 1 saturated carbocycles. The number of fused-ring (bicyclic) bond motifs is 1. The van der Waals surface area contributed by atoms with Crippen LogP contribution < -0.4 is 0 Å². The Kier molecular flexibility index (Phi) is 5.67. The van der Waals surface area contributed by atoms with Gasteiger partial charge in [0.05, 0.1) is 16.9 Å². The maximum atomic E-state index is 13.0. The van der Waals surface area contributed by atoms with Crippen LogP contribution in [0.1, 0.15) is 70.1 Å². The molecule has 3 amide bonds. The van der Waals surface area contributed by atoms with E-state index >= 15 is 0 Å². The maximum Gasteiger partial charge on any atom is 0.261 e. The van der Waals surface area contributed by atoms with Crippen LogP contribution in [0.15, 0.2) is 18.2 Å². The lowest BCUT2D eigenvalue weighted by atomic mass is 9.94. The van der Waals surface area contributed by atoms with Gasteiger partial charge >= 0.3 is 0 Å². The van der Waals surface area contributed by atoms with Crippen molar-refractivity contribution < 1.29 is 22.8 Å². The minimum Gasteiger partial charge on any atom is -0.336 e. The molecule has 1 saturated heterocycles. The van der Waals surface area contributed by atoms with Gasteiger partial charge in [0.15, 0.2) is 0 Å². The van der Waals surface area contributed by atoms with Crippen molar-refractivity contribution in [3.05, 3.63) is 34.9 Å². The van der Waals surface area contributed by atoms with Gasteiger partial charge in [-0.05, 0) is 38.0 Å². The van der Waals surface area contributed by atoms with Crippen LogP contribution >= 0.6 is 0 Å². The van der Waals surface area contributed by atoms with Gasteiger partial charge < -0.3 is 4.90 Å². The molecule has 0 spiro atoms. The predicted molar refractivity (Wildman–Crippen MR) is 111 cm³/mol. The molecular weight excluding hydrogens is 406 g/mol. The van der Waals surface area contributed by atoms with Gasteiger partial charge in [-0.25, -0.2) is 8.42 Å². The van der Waals surface area contributed by atoms with Crippen LogP contribution in [0.2, 0.25) is 0 Å². The van der Waals surface area contributed by atoms with E-state index in [2.05, 4.69) is 0 Å². The van der Waals surface area contributed by atoms with Crippen LogP contribution in [0.4, 0.5) is 0 Å². The second-order valence-corrected chi connectivity index (χ2v) is 10.4. The summed E-state index contributed by atoms with van der Waals surface area (Å²) in [7, 11) is -3.27. The highest BCUT2D eigenvalue weighted by molar-refractivity contribution is 7.89. The molecule has 0 atom stereocenters. The lowest BCUT2D eigenvalue weighted by Crippen LogP contribution is -2.50. The number of amides is 3. The van der Waals surface area contributed by atoms with Crippen LogP contribution in [-0.2, 0) is 10.0 Å². The zero-order chi connectivity index (χ0) is 21.5. The van der Waals surface area contributed by atoms with Gasteiger partial charge in [0, 0.05) is 37.8 Å². The fourth-order valence-corrected chi connectivity index (χ4v) is 5.68. The molecule has 1 aromatic carbocycles. The first-order valence-electron chi connectivity index (χ1n) is 10.6. The molecule has 1 aliphatic carbocycles. The normalized spacial score (nSPS) is 21.2. The van der Waals surface area contributed by atoms with Crippen molar-refractivity contribution in [3.63, 3.8) is 0 Å². The van der Waals surface area contributed by atoms with Crippen LogP contribution in [0.5, 0.6) is 0 Å². The minimum absolute atomic E-state index is 0.0411. The second-order valence-electron chi connectivity index (χ2n) is 8.12. The number of hydrogen-bond donors (Lipinski definition) is 0. The van der Waals surface area contributed by atoms with Gasteiger partial charge in [-0.1, -0.05) is 19.3 Å². The number of carbonyl (C=O) groups is 3. The van der Waals surface area contributed by atoms with E-state index in [1.54, 1.807) is 24.0 Å². The SMILES string of the molecule is CCS(=O)(=O)N1CCN(C(=O)c2ccc3c(c2)C(=O)N(C2CCCCC2)C3=O)CC1. The molecule has 0 radical (unpaired) electrons. The average Bonchev–Trinajstić information content (AvgIpc) is 3.03. The highest BCUT2D eigenvalue weighted by atomic mass is 32.2. The summed E-state index contributed by atoms with van der Waals surface area (Å²) in [6.07, 6.45) is 4.83. The van der Waals surface area contributed by atoms with Crippen molar-refractivity contribution in [1.82, 2.24) is 14.1 Å². The molecule has 162 valence electrons. The van der Waals surface area contributed by atoms with Crippen LogP contribution in [-0.4, -0.2) is 78.2 Å². The third-order valence-electron chi connectivity index (χ3n) is 6.39. The van der Waals surface area contributed by atoms with Crippen LogP contribution in [0.3, 0.4) is 0 Å². The molecule has 0 unspecified atom stereocenters. The van der Waals surface area contributed by atoms with Gasteiger partial charge in [0.25, 0.3) is 17.7 Å². The Bertz CT molecular complexity index is 976. The first kappa shape index (κ1) is 21.0. The average molecular weight is 434 g/mol. The summed E-state index contributed by atoms with van der Waals surface area (Å²) in [5.74, 6) is -0.781. The highest BCUT2D eigenvalue weighted by Gasteiger charge is 2.40. The Morgan fingerprint density at radius 3 is 2.23 bits per heavy atom. The molecule has 2 fully saturated rings. The number of rotatable bonds is 4. The number of hydrogen-bond acceptors (Lipinski definition) is 5. The van der Waals surface area contributed by atoms with Gasteiger partial charge in [0.2, 0.25) is 10.0 Å².